The summed E-state index contributed by atoms with van der Waals surface area (Å²) in [6.45, 7) is 4.37. The van der Waals surface area contributed by atoms with Gasteiger partial charge in [-0.3, -0.25) is 9.67 Å². The Morgan fingerprint density at radius 2 is 1.85 bits per heavy atom. The highest BCUT2D eigenvalue weighted by molar-refractivity contribution is 7.71. The van der Waals surface area contributed by atoms with Gasteiger partial charge in [-0.15, -0.1) is 0 Å². The van der Waals surface area contributed by atoms with E-state index in [9.17, 15) is 0 Å². The van der Waals surface area contributed by atoms with Crippen molar-refractivity contribution in [1.29, 1.82) is 0 Å². The van der Waals surface area contributed by atoms with E-state index in [0.717, 1.165) is 22.8 Å². The zero-order valence-electron chi connectivity index (χ0n) is 14.6. The van der Waals surface area contributed by atoms with E-state index in [-0.39, 0.29) is 0 Å². The summed E-state index contributed by atoms with van der Waals surface area (Å²) in [7, 11) is 0. The van der Waals surface area contributed by atoms with Crippen LogP contribution in [-0.4, -0.2) is 24.3 Å². The van der Waals surface area contributed by atoms with Crippen LogP contribution in [-0.2, 0) is 0 Å². The summed E-state index contributed by atoms with van der Waals surface area (Å²) in [5, 5.41) is 7.42. The fourth-order valence-electron chi connectivity index (χ4n) is 2.97. The SMILES string of the molecule is CC(C)c1cccc(-c2n[nH]c(=S)n2-c2cccc(-n3ccnc3)c2)c1. The minimum atomic E-state index is 0.454. The third-order valence-electron chi connectivity index (χ3n) is 4.37. The van der Waals surface area contributed by atoms with Gasteiger partial charge in [-0.25, -0.2) is 4.98 Å². The number of H-pyrrole nitrogens is 1. The van der Waals surface area contributed by atoms with Gasteiger partial charge in [0.05, 0.1) is 12.0 Å². The van der Waals surface area contributed by atoms with Crippen molar-refractivity contribution in [3.63, 3.8) is 0 Å². The fraction of sp³-hybridized carbons (Fsp3) is 0.150. The van der Waals surface area contributed by atoms with Gasteiger partial charge < -0.3 is 4.57 Å². The summed E-state index contributed by atoms with van der Waals surface area (Å²) in [6.07, 6.45) is 5.46. The molecule has 6 heteroatoms. The molecule has 0 spiro atoms. The number of nitrogens with one attached hydrogen (secondary N) is 1. The summed E-state index contributed by atoms with van der Waals surface area (Å²) >= 11 is 5.51. The van der Waals surface area contributed by atoms with Crippen molar-refractivity contribution in [2.75, 3.05) is 0 Å². The highest BCUT2D eigenvalue weighted by Crippen LogP contribution is 2.26. The highest BCUT2D eigenvalue weighted by atomic mass is 32.1. The molecule has 0 aliphatic rings. The van der Waals surface area contributed by atoms with E-state index in [1.165, 1.54) is 5.56 Å². The summed E-state index contributed by atoms with van der Waals surface area (Å²) in [5.74, 6) is 1.26. The molecular weight excluding hydrogens is 342 g/mol. The molecule has 130 valence electrons. The van der Waals surface area contributed by atoms with Crippen LogP contribution in [0.1, 0.15) is 25.3 Å². The van der Waals surface area contributed by atoms with Crippen LogP contribution in [0.4, 0.5) is 0 Å². The summed E-state index contributed by atoms with van der Waals surface area (Å²) in [4.78, 5) is 4.12. The molecule has 0 aliphatic carbocycles. The number of aromatic amines is 1. The first kappa shape index (κ1) is 16.5. The largest absolute Gasteiger partial charge is 0.306 e. The van der Waals surface area contributed by atoms with Gasteiger partial charge >= 0.3 is 0 Å². The normalized spacial score (nSPS) is 11.2. The Labute approximate surface area is 157 Å². The summed E-state index contributed by atoms with van der Waals surface area (Å²) in [6, 6.07) is 16.6. The molecule has 0 bridgehead atoms. The minimum Gasteiger partial charge on any atom is -0.306 e. The Hall–Kier alpha value is -2.99. The molecule has 0 atom stereocenters. The molecule has 0 radical (unpaired) electrons. The van der Waals surface area contributed by atoms with E-state index in [1.807, 2.05) is 33.5 Å². The van der Waals surface area contributed by atoms with Crippen LogP contribution >= 0.6 is 12.2 Å². The van der Waals surface area contributed by atoms with Gasteiger partial charge in [0.1, 0.15) is 0 Å². The second-order valence-corrected chi connectivity index (χ2v) is 6.84. The number of benzene rings is 2. The number of hydrogen-bond acceptors (Lipinski definition) is 3. The van der Waals surface area contributed by atoms with Gasteiger partial charge in [0.15, 0.2) is 10.6 Å². The highest BCUT2D eigenvalue weighted by Gasteiger charge is 2.12. The van der Waals surface area contributed by atoms with Crippen LogP contribution in [0.3, 0.4) is 0 Å². The van der Waals surface area contributed by atoms with Crippen LogP contribution in [0.15, 0.2) is 67.3 Å². The molecule has 2 heterocycles. The van der Waals surface area contributed by atoms with Crippen molar-refractivity contribution < 1.29 is 0 Å². The second kappa shape index (κ2) is 6.72. The quantitative estimate of drug-likeness (QED) is 0.526. The Morgan fingerprint density at radius 1 is 1.04 bits per heavy atom. The first-order valence-corrected chi connectivity index (χ1v) is 8.91. The monoisotopic (exact) mass is 361 g/mol. The summed E-state index contributed by atoms with van der Waals surface area (Å²) in [5.41, 5.74) is 4.29. The molecular formula is C20H19N5S. The minimum absolute atomic E-state index is 0.454. The number of aromatic nitrogens is 5. The number of imidazole rings is 1. The van der Waals surface area contributed by atoms with Crippen molar-refractivity contribution in [2.24, 2.45) is 0 Å². The maximum atomic E-state index is 5.51. The smallest absolute Gasteiger partial charge is 0.200 e. The molecule has 4 rings (SSSR count). The number of hydrogen-bond donors (Lipinski definition) is 1. The topological polar surface area (TPSA) is 51.4 Å². The van der Waals surface area contributed by atoms with Gasteiger partial charge in [0, 0.05) is 23.6 Å². The third kappa shape index (κ3) is 2.99. The zero-order chi connectivity index (χ0) is 18.1. The van der Waals surface area contributed by atoms with Crippen LogP contribution in [0.25, 0.3) is 22.8 Å². The molecule has 2 aromatic carbocycles. The Kier molecular flexibility index (Phi) is 4.26. The van der Waals surface area contributed by atoms with E-state index in [0.29, 0.717) is 10.7 Å². The van der Waals surface area contributed by atoms with E-state index in [1.54, 1.807) is 12.5 Å². The zero-order valence-corrected chi connectivity index (χ0v) is 15.4. The maximum absolute atomic E-state index is 5.51. The van der Waals surface area contributed by atoms with Crippen LogP contribution < -0.4 is 0 Å². The molecule has 5 nitrogen and oxygen atoms in total. The maximum Gasteiger partial charge on any atom is 0.200 e. The molecule has 0 saturated carbocycles. The van der Waals surface area contributed by atoms with E-state index in [2.05, 4.69) is 59.4 Å². The second-order valence-electron chi connectivity index (χ2n) is 6.46. The lowest BCUT2D eigenvalue weighted by atomic mass is 10.0. The lowest BCUT2D eigenvalue weighted by Crippen LogP contribution is -2.00. The van der Waals surface area contributed by atoms with E-state index in [4.69, 9.17) is 12.2 Å². The van der Waals surface area contributed by atoms with Crippen LogP contribution in [0.2, 0.25) is 0 Å². The predicted octanol–water partition coefficient (Wildman–Crippen LogP) is 4.91. The van der Waals surface area contributed by atoms with Gasteiger partial charge in [0.2, 0.25) is 0 Å². The van der Waals surface area contributed by atoms with Gasteiger partial charge in [-0.2, -0.15) is 5.10 Å². The first-order valence-electron chi connectivity index (χ1n) is 8.50. The Balaban J connectivity index is 1.85. The molecule has 4 aromatic rings. The number of nitrogens with zero attached hydrogens (tertiary/aromatic N) is 4. The molecule has 2 aromatic heterocycles. The van der Waals surface area contributed by atoms with Crippen LogP contribution in [0, 0.1) is 4.77 Å². The Morgan fingerprint density at radius 3 is 2.62 bits per heavy atom. The standard InChI is InChI=1S/C20H19N5S/c1-14(2)15-5-3-6-16(11-15)19-22-23-20(26)25(19)18-8-4-7-17(12-18)24-10-9-21-13-24/h3-14H,1-2H3,(H,23,26). The molecule has 0 amide bonds. The molecule has 0 fully saturated rings. The predicted molar refractivity (Wildman–Crippen MR) is 105 cm³/mol. The first-order chi connectivity index (χ1) is 12.6. The van der Waals surface area contributed by atoms with Crippen molar-refractivity contribution in [3.05, 3.63) is 77.6 Å². The molecule has 26 heavy (non-hydrogen) atoms. The summed E-state index contributed by atoms with van der Waals surface area (Å²) < 4.78 is 4.50. The molecule has 0 saturated heterocycles. The average molecular weight is 361 g/mol. The molecule has 0 unspecified atom stereocenters. The van der Waals surface area contributed by atoms with Crippen molar-refractivity contribution in [2.45, 2.75) is 19.8 Å². The molecule has 0 aliphatic heterocycles. The van der Waals surface area contributed by atoms with Gasteiger partial charge in [-0.1, -0.05) is 38.1 Å². The van der Waals surface area contributed by atoms with Crippen LogP contribution in [0.5, 0.6) is 0 Å². The Bertz CT molecular complexity index is 1090. The number of rotatable bonds is 4. The average Bonchev–Trinajstić information content (AvgIpc) is 3.32. The van der Waals surface area contributed by atoms with Crippen molar-refractivity contribution in [1.82, 2.24) is 24.3 Å². The third-order valence-corrected chi connectivity index (χ3v) is 4.65. The van der Waals surface area contributed by atoms with Gasteiger partial charge in [0.25, 0.3) is 0 Å². The lowest BCUT2D eigenvalue weighted by Gasteiger charge is -2.11. The fourth-order valence-corrected chi connectivity index (χ4v) is 3.21. The van der Waals surface area contributed by atoms with Crippen molar-refractivity contribution >= 4 is 12.2 Å². The molecule has 1 N–H and O–H groups in total. The van der Waals surface area contributed by atoms with Gasteiger partial charge in [-0.05, 0) is 48.0 Å². The van der Waals surface area contributed by atoms with E-state index >= 15 is 0 Å². The van der Waals surface area contributed by atoms with Crippen molar-refractivity contribution in [3.8, 4) is 22.8 Å². The van der Waals surface area contributed by atoms with E-state index < -0.39 is 0 Å². The lowest BCUT2D eigenvalue weighted by molar-refractivity contribution is 0.866.